The minimum atomic E-state index is -0.591. The van der Waals surface area contributed by atoms with Crippen LogP contribution in [0.25, 0.3) is 11.0 Å². The standard InChI is InChI=1S/C24H25FN6O5/c25-16-7-27-17-2-4-21(34)31-15(11-36-23(16)22(17)31)9-30-8-13(18(32)10-30)5-26-6-14-1-3-19-24(28-14)29-20(33)12-35-19/h1-4,7,13,15,18,26,32H,5-6,8-12H2,(H,28,29,33)/t13-,15+,18+/m0/s1. The lowest BCUT2D eigenvalue weighted by atomic mass is 10.1. The molecule has 6 rings (SSSR count). The number of rotatable bonds is 6. The Morgan fingerprint density at radius 1 is 1.19 bits per heavy atom. The van der Waals surface area contributed by atoms with Gasteiger partial charge in [0, 0.05) is 44.7 Å². The Bertz CT molecular complexity index is 1400. The molecule has 1 amide bonds. The van der Waals surface area contributed by atoms with Crippen LogP contribution in [0.15, 0.2) is 35.3 Å². The highest BCUT2D eigenvalue weighted by atomic mass is 19.1. The molecule has 0 unspecified atom stereocenters. The number of nitrogens with one attached hydrogen (secondary N) is 2. The lowest BCUT2D eigenvalue weighted by Crippen LogP contribution is -2.40. The van der Waals surface area contributed by atoms with Crippen molar-refractivity contribution in [1.29, 1.82) is 0 Å². The zero-order valence-corrected chi connectivity index (χ0v) is 19.3. The van der Waals surface area contributed by atoms with Crippen LogP contribution in [0.5, 0.6) is 11.5 Å². The number of fused-ring (bicyclic) bond motifs is 1. The number of anilines is 1. The smallest absolute Gasteiger partial charge is 0.263 e. The van der Waals surface area contributed by atoms with Gasteiger partial charge in [0.25, 0.3) is 11.5 Å². The van der Waals surface area contributed by atoms with Gasteiger partial charge in [0.2, 0.25) is 0 Å². The predicted octanol–water partition coefficient (Wildman–Crippen LogP) is 0.277. The first-order valence-corrected chi connectivity index (χ1v) is 11.8. The van der Waals surface area contributed by atoms with Crippen LogP contribution in [0.4, 0.5) is 10.2 Å². The van der Waals surface area contributed by atoms with Crippen LogP contribution in [0.2, 0.25) is 0 Å². The molecule has 3 N–H and O–H groups in total. The molecule has 0 saturated carbocycles. The van der Waals surface area contributed by atoms with Gasteiger partial charge >= 0.3 is 0 Å². The second-order valence-corrected chi connectivity index (χ2v) is 9.34. The number of halogens is 1. The Morgan fingerprint density at radius 2 is 2.08 bits per heavy atom. The second-order valence-electron chi connectivity index (χ2n) is 9.34. The number of β-amino-alcohol motifs (C(OH)–C–C–N with tert-alkyl or cyclic N) is 1. The molecule has 3 atom stereocenters. The summed E-state index contributed by atoms with van der Waals surface area (Å²) in [4.78, 5) is 34.8. The van der Waals surface area contributed by atoms with Gasteiger partial charge in [0.1, 0.15) is 12.1 Å². The number of carbonyl (C=O) groups excluding carboxylic acids is 1. The van der Waals surface area contributed by atoms with E-state index in [1.165, 1.54) is 6.07 Å². The zero-order chi connectivity index (χ0) is 24.8. The number of aliphatic hydroxyl groups excluding tert-OH is 1. The Labute approximate surface area is 204 Å². The second kappa shape index (κ2) is 9.12. The number of hydrogen-bond donors (Lipinski definition) is 3. The van der Waals surface area contributed by atoms with Crippen molar-refractivity contribution < 1.29 is 23.8 Å². The van der Waals surface area contributed by atoms with Crippen LogP contribution in [0.3, 0.4) is 0 Å². The van der Waals surface area contributed by atoms with E-state index in [1.807, 2.05) is 6.07 Å². The number of carbonyl (C=O) groups is 1. The third-order valence-corrected chi connectivity index (χ3v) is 6.84. The minimum Gasteiger partial charge on any atom is -0.486 e. The Kier molecular flexibility index (Phi) is 5.78. The third kappa shape index (κ3) is 4.16. The largest absolute Gasteiger partial charge is 0.486 e. The van der Waals surface area contributed by atoms with Gasteiger partial charge in [-0.15, -0.1) is 0 Å². The van der Waals surface area contributed by atoms with Gasteiger partial charge in [-0.3, -0.25) is 24.0 Å². The van der Waals surface area contributed by atoms with Gasteiger partial charge in [-0.25, -0.2) is 9.37 Å². The summed E-state index contributed by atoms with van der Waals surface area (Å²) in [5.74, 6) is 0.165. The van der Waals surface area contributed by atoms with E-state index in [4.69, 9.17) is 9.47 Å². The topological polar surface area (TPSA) is 131 Å². The minimum absolute atomic E-state index is 0.0145. The molecular weight excluding hydrogens is 471 g/mol. The number of likely N-dealkylation sites (tertiary alicyclic amines) is 1. The molecule has 3 aromatic heterocycles. The summed E-state index contributed by atoms with van der Waals surface area (Å²) in [5, 5.41) is 16.7. The van der Waals surface area contributed by atoms with Gasteiger partial charge in [-0.2, -0.15) is 0 Å². The van der Waals surface area contributed by atoms with Crippen LogP contribution in [0.1, 0.15) is 11.7 Å². The first-order chi connectivity index (χ1) is 17.5. The van der Waals surface area contributed by atoms with Crippen LogP contribution in [-0.4, -0.2) is 75.9 Å². The zero-order valence-electron chi connectivity index (χ0n) is 19.3. The van der Waals surface area contributed by atoms with E-state index in [9.17, 15) is 19.1 Å². The first kappa shape index (κ1) is 22.8. The summed E-state index contributed by atoms with van der Waals surface area (Å²) in [6.07, 6.45) is 0.565. The maximum absolute atomic E-state index is 14.3. The summed E-state index contributed by atoms with van der Waals surface area (Å²) >= 11 is 0. The third-order valence-electron chi connectivity index (χ3n) is 6.84. The van der Waals surface area contributed by atoms with Gasteiger partial charge in [0.05, 0.1) is 29.6 Å². The number of nitrogens with zero attached hydrogens (tertiary/aromatic N) is 4. The summed E-state index contributed by atoms with van der Waals surface area (Å²) in [6, 6.07) is 6.29. The molecule has 0 aromatic carbocycles. The van der Waals surface area contributed by atoms with E-state index in [-0.39, 0.29) is 42.4 Å². The maximum atomic E-state index is 14.3. The molecule has 3 aliphatic heterocycles. The van der Waals surface area contributed by atoms with Crippen LogP contribution < -0.4 is 25.7 Å². The average molecular weight is 496 g/mol. The summed E-state index contributed by atoms with van der Waals surface area (Å²) in [5.41, 5.74) is 1.38. The monoisotopic (exact) mass is 496 g/mol. The number of pyridine rings is 3. The molecule has 188 valence electrons. The number of ether oxygens (including phenoxy) is 2. The lowest BCUT2D eigenvalue weighted by molar-refractivity contribution is -0.118. The van der Waals surface area contributed by atoms with E-state index in [0.717, 1.165) is 11.9 Å². The van der Waals surface area contributed by atoms with E-state index < -0.39 is 11.9 Å². The predicted molar refractivity (Wildman–Crippen MR) is 126 cm³/mol. The van der Waals surface area contributed by atoms with Gasteiger partial charge in [-0.05, 0) is 18.2 Å². The molecule has 3 aromatic rings. The van der Waals surface area contributed by atoms with Crippen molar-refractivity contribution in [1.82, 2.24) is 24.8 Å². The van der Waals surface area contributed by atoms with Crippen molar-refractivity contribution in [2.75, 3.05) is 44.7 Å². The fourth-order valence-electron chi connectivity index (χ4n) is 5.14. The number of aliphatic hydroxyl groups is 1. The molecule has 11 nitrogen and oxygen atoms in total. The van der Waals surface area contributed by atoms with E-state index in [2.05, 4.69) is 25.5 Å². The van der Waals surface area contributed by atoms with E-state index >= 15 is 0 Å². The molecule has 0 radical (unpaired) electrons. The van der Waals surface area contributed by atoms with Crippen LogP contribution >= 0.6 is 0 Å². The van der Waals surface area contributed by atoms with Crippen molar-refractivity contribution in [2.24, 2.45) is 5.92 Å². The van der Waals surface area contributed by atoms with Crippen LogP contribution in [-0.2, 0) is 11.3 Å². The fourth-order valence-corrected chi connectivity index (χ4v) is 5.14. The maximum Gasteiger partial charge on any atom is 0.263 e. The average Bonchev–Trinajstić information content (AvgIpc) is 3.21. The molecule has 0 aliphatic carbocycles. The van der Waals surface area contributed by atoms with Crippen molar-refractivity contribution in [2.45, 2.75) is 18.7 Å². The van der Waals surface area contributed by atoms with Gasteiger partial charge < -0.3 is 25.2 Å². The molecule has 12 heteroatoms. The molecular formula is C24H25FN6O5. The fraction of sp³-hybridized carbons (Fsp3) is 0.417. The van der Waals surface area contributed by atoms with Crippen molar-refractivity contribution in [3.8, 4) is 11.5 Å². The van der Waals surface area contributed by atoms with Gasteiger partial charge in [-0.1, -0.05) is 0 Å². The SMILES string of the molecule is O=C1COc2ccc(CNC[C@H]3CN(C[C@@H]4COc5c(F)cnc6ccc(=O)n4c56)C[C@H]3O)nc2N1. The summed E-state index contributed by atoms with van der Waals surface area (Å²) in [7, 11) is 0. The molecule has 1 fully saturated rings. The van der Waals surface area contributed by atoms with Crippen molar-refractivity contribution in [3.05, 3.63) is 52.3 Å². The van der Waals surface area contributed by atoms with Crippen molar-refractivity contribution >= 4 is 22.8 Å². The van der Waals surface area contributed by atoms with Gasteiger partial charge in [0.15, 0.2) is 29.7 Å². The summed E-state index contributed by atoms with van der Waals surface area (Å²) in [6.45, 7) is 2.75. The van der Waals surface area contributed by atoms with Crippen LogP contribution in [0, 0.1) is 11.7 Å². The van der Waals surface area contributed by atoms with E-state index in [0.29, 0.717) is 55.3 Å². The van der Waals surface area contributed by atoms with Crippen molar-refractivity contribution in [3.63, 3.8) is 0 Å². The summed E-state index contributed by atoms with van der Waals surface area (Å²) < 4.78 is 26.9. The molecule has 0 bridgehead atoms. The molecule has 0 spiro atoms. The van der Waals surface area contributed by atoms with E-state index in [1.54, 1.807) is 16.7 Å². The number of hydrogen-bond acceptors (Lipinski definition) is 9. The molecule has 36 heavy (non-hydrogen) atoms. The Balaban J connectivity index is 1.09. The molecule has 6 heterocycles. The quantitative estimate of drug-likeness (QED) is 0.440. The normalized spacial score (nSPS) is 23.2. The Morgan fingerprint density at radius 3 is 2.97 bits per heavy atom. The number of aromatic nitrogens is 3. The highest BCUT2D eigenvalue weighted by molar-refractivity contribution is 5.94. The molecule has 1 saturated heterocycles. The Hall–Kier alpha value is -3.61. The lowest BCUT2D eigenvalue weighted by Gasteiger charge is -2.30. The molecule has 3 aliphatic rings. The highest BCUT2D eigenvalue weighted by Crippen LogP contribution is 2.33. The first-order valence-electron chi connectivity index (χ1n) is 11.8. The highest BCUT2D eigenvalue weighted by Gasteiger charge is 2.34. The number of amides is 1.